The number of nitro benzene ring substituents is 1. The molecule has 1 unspecified atom stereocenters. The molecule has 0 radical (unpaired) electrons. The van der Waals surface area contributed by atoms with E-state index in [4.69, 9.17) is 10.5 Å². The number of anilines is 1. The molecular weight excluding hydrogens is 286 g/mol. The number of nitrogens with zero attached hydrogens (tertiary/aromatic N) is 2. The van der Waals surface area contributed by atoms with E-state index >= 15 is 0 Å². The predicted molar refractivity (Wildman–Crippen MR) is 71.7 cm³/mol. The molecule has 2 rings (SSSR count). The smallest absolute Gasteiger partial charge is 0.270 e. The van der Waals surface area contributed by atoms with Gasteiger partial charge in [-0.05, 0) is 12.5 Å². The summed E-state index contributed by atoms with van der Waals surface area (Å²) < 4.78 is 31.3. The van der Waals surface area contributed by atoms with Crippen molar-refractivity contribution < 1.29 is 18.1 Å². The molecule has 2 N–H and O–H groups in total. The van der Waals surface area contributed by atoms with Gasteiger partial charge < -0.3 is 10.5 Å². The Balaban J connectivity index is 2.39. The SMILES string of the molecule is COC1CCN(S(=O)(=O)c2cc([N+](=O)[O-])ccc2N)C1. The van der Waals surface area contributed by atoms with Gasteiger partial charge in [0.2, 0.25) is 10.0 Å². The summed E-state index contributed by atoms with van der Waals surface area (Å²) in [7, 11) is -2.33. The van der Waals surface area contributed by atoms with Crippen molar-refractivity contribution in [2.24, 2.45) is 0 Å². The van der Waals surface area contributed by atoms with Gasteiger partial charge >= 0.3 is 0 Å². The minimum Gasteiger partial charge on any atom is -0.398 e. The van der Waals surface area contributed by atoms with E-state index in [1.807, 2.05) is 0 Å². The highest BCUT2D eigenvalue weighted by Gasteiger charge is 2.34. The Morgan fingerprint density at radius 1 is 1.50 bits per heavy atom. The van der Waals surface area contributed by atoms with E-state index in [0.717, 1.165) is 6.07 Å². The molecule has 0 aliphatic carbocycles. The Bertz CT molecular complexity index is 631. The van der Waals surface area contributed by atoms with Crippen molar-refractivity contribution >= 4 is 21.4 Å². The fourth-order valence-corrected chi connectivity index (χ4v) is 3.73. The number of hydrogen-bond acceptors (Lipinski definition) is 6. The van der Waals surface area contributed by atoms with Gasteiger partial charge in [0.15, 0.2) is 0 Å². The molecule has 1 saturated heterocycles. The number of non-ortho nitro benzene ring substituents is 1. The molecule has 1 heterocycles. The zero-order valence-electron chi connectivity index (χ0n) is 10.9. The van der Waals surface area contributed by atoms with Crippen LogP contribution in [-0.2, 0) is 14.8 Å². The molecule has 9 heteroatoms. The van der Waals surface area contributed by atoms with Gasteiger partial charge in [0.1, 0.15) is 4.90 Å². The molecule has 8 nitrogen and oxygen atoms in total. The summed E-state index contributed by atoms with van der Waals surface area (Å²) >= 11 is 0. The Labute approximate surface area is 116 Å². The summed E-state index contributed by atoms with van der Waals surface area (Å²) in [5.41, 5.74) is 5.34. The highest BCUT2D eigenvalue weighted by atomic mass is 32.2. The van der Waals surface area contributed by atoms with Crippen LogP contribution in [0.15, 0.2) is 23.1 Å². The van der Waals surface area contributed by atoms with Gasteiger partial charge in [0.25, 0.3) is 5.69 Å². The molecule has 0 aromatic heterocycles. The summed E-state index contributed by atoms with van der Waals surface area (Å²) in [5.74, 6) is 0. The quantitative estimate of drug-likeness (QED) is 0.494. The third-order valence-electron chi connectivity index (χ3n) is 3.27. The molecule has 1 atom stereocenters. The van der Waals surface area contributed by atoms with Crippen molar-refractivity contribution in [2.75, 3.05) is 25.9 Å². The second kappa shape index (κ2) is 5.35. The predicted octanol–water partition coefficient (Wildman–Crippen LogP) is 0.586. The largest absolute Gasteiger partial charge is 0.398 e. The molecule has 1 fully saturated rings. The van der Waals surface area contributed by atoms with Crippen LogP contribution < -0.4 is 5.73 Å². The minimum atomic E-state index is -3.84. The maximum Gasteiger partial charge on any atom is 0.270 e. The normalized spacial score (nSPS) is 20.1. The maximum atomic E-state index is 12.5. The van der Waals surface area contributed by atoms with Crippen LogP contribution in [0.25, 0.3) is 0 Å². The Hall–Kier alpha value is -1.71. The van der Waals surface area contributed by atoms with E-state index in [-0.39, 0.29) is 28.9 Å². The number of nitrogen functional groups attached to an aromatic ring is 1. The summed E-state index contributed by atoms with van der Waals surface area (Å²) in [5, 5.41) is 10.7. The van der Waals surface area contributed by atoms with Crippen LogP contribution in [0.2, 0.25) is 0 Å². The highest BCUT2D eigenvalue weighted by Crippen LogP contribution is 2.29. The Morgan fingerprint density at radius 3 is 2.75 bits per heavy atom. The fourth-order valence-electron chi connectivity index (χ4n) is 2.11. The van der Waals surface area contributed by atoms with Gasteiger partial charge in [0.05, 0.1) is 16.7 Å². The van der Waals surface area contributed by atoms with E-state index in [9.17, 15) is 18.5 Å². The topological polar surface area (TPSA) is 116 Å². The number of hydrogen-bond donors (Lipinski definition) is 1. The number of methoxy groups -OCH3 is 1. The number of nitro groups is 1. The van der Waals surface area contributed by atoms with Crippen LogP contribution in [0.1, 0.15) is 6.42 Å². The monoisotopic (exact) mass is 301 g/mol. The van der Waals surface area contributed by atoms with Crippen LogP contribution in [0, 0.1) is 10.1 Å². The van der Waals surface area contributed by atoms with Gasteiger partial charge in [-0.25, -0.2) is 8.42 Å². The maximum absolute atomic E-state index is 12.5. The first-order valence-corrected chi connectivity index (χ1v) is 7.37. The Morgan fingerprint density at radius 2 is 2.20 bits per heavy atom. The summed E-state index contributed by atoms with van der Waals surface area (Å²) in [6.45, 7) is 0.532. The molecule has 1 aliphatic heterocycles. The number of sulfonamides is 1. The molecule has 0 bridgehead atoms. The van der Waals surface area contributed by atoms with Crippen molar-refractivity contribution in [1.29, 1.82) is 0 Å². The zero-order chi connectivity index (χ0) is 14.9. The third kappa shape index (κ3) is 2.60. The van der Waals surface area contributed by atoms with E-state index < -0.39 is 14.9 Å². The van der Waals surface area contributed by atoms with Crippen molar-refractivity contribution in [2.45, 2.75) is 17.4 Å². The first-order valence-electron chi connectivity index (χ1n) is 5.93. The standard InChI is InChI=1S/C11H15N3O5S/c1-19-9-4-5-13(7-9)20(17,18)11-6-8(14(15)16)2-3-10(11)12/h2-3,6,9H,4-5,7,12H2,1H3. The molecule has 0 spiro atoms. The molecule has 0 saturated carbocycles. The number of ether oxygens (including phenoxy) is 1. The van der Waals surface area contributed by atoms with Crippen LogP contribution in [0.5, 0.6) is 0 Å². The summed E-state index contributed by atoms with van der Waals surface area (Å²) in [6.07, 6.45) is 0.426. The van der Waals surface area contributed by atoms with Crippen LogP contribution in [-0.4, -0.2) is 43.9 Å². The number of nitrogens with two attached hydrogens (primary N) is 1. The van der Waals surface area contributed by atoms with Crippen LogP contribution in [0.4, 0.5) is 11.4 Å². The second-order valence-corrected chi connectivity index (χ2v) is 6.40. The summed E-state index contributed by atoms with van der Waals surface area (Å²) in [6, 6.07) is 3.40. The molecule has 110 valence electrons. The lowest BCUT2D eigenvalue weighted by Crippen LogP contribution is -2.30. The third-order valence-corrected chi connectivity index (χ3v) is 5.19. The zero-order valence-corrected chi connectivity index (χ0v) is 11.7. The van der Waals surface area contributed by atoms with Crippen molar-refractivity contribution in [3.63, 3.8) is 0 Å². The second-order valence-electron chi connectivity index (χ2n) is 4.49. The molecule has 1 aromatic rings. The lowest BCUT2D eigenvalue weighted by Gasteiger charge is -2.17. The van der Waals surface area contributed by atoms with Gasteiger partial charge in [-0.1, -0.05) is 0 Å². The molecule has 0 amide bonds. The van der Waals surface area contributed by atoms with Crippen molar-refractivity contribution in [3.8, 4) is 0 Å². The van der Waals surface area contributed by atoms with E-state index in [1.165, 1.54) is 23.5 Å². The van der Waals surface area contributed by atoms with Gasteiger partial charge in [-0.15, -0.1) is 0 Å². The first-order chi connectivity index (χ1) is 9.36. The Kier molecular flexibility index (Phi) is 3.93. The average Bonchev–Trinajstić information content (AvgIpc) is 2.88. The minimum absolute atomic E-state index is 0.00327. The molecule has 1 aromatic carbocycles. The molecule has 1 aliphatic rings. The van der Waals surface area contributed by atoms with E-state index in [1.54, 1.807) is 0 Å². The van der Waals surface area contributed by atoms with E-state index in [0.29, 0.717) is 13.0 Å². The summed E-state index contributed by atoms with van der Waals surface area (Å²) in [4.78, 5) is 9.86. The highest BCUT2D eigenvalue weighted by molar-refractivity contribution is 7.89. The van der Waals surface area contributed by atoms with Gasteiger partial charge in [-0.2, -0.15) is 4.31 Å². The van der Waals surface area contributed by atoms with Crippen LogP contribution >= 0.6 is 0 Å². The van der Waals surface area contributed by atoms with Gasteiger partial charge in [0, 0.05) is 32.3 Å². The first kappa shape index (κ1) is 14.7. The lowest BCUT2D eigenvalue weighted by molar-refractivity contribution is -0.385. The molecule has 20 heavy (non-hydrogen) atoms. The molecular formula is C11H15N3O5S. The van der Waals surface area contributed by atoms with Crippen LogP contribution in [0.3, 0.4) is 0 Å². The van der Waals surface area contributed by atoms with E-state index in [2.05, 4.69) is 0 Å². The van der Waals surface area contributed by atoms with Crippen molar-refractivity contribution in [3.05, 3.63) is 28.3 Å². The lowest BCUT2D eigenvalue weighted by atomic mass is 10.3. The number of benzene rings is 1. The average molecular weight is 301 g/mol. The number of rotatable bonds is 4. The fraction of sp³-hybridized carbons (Fsp3) is 0.455. The van der Waals surface area contributed by atoms with Gasteiger partial charge in [-0.3, -0.25) is 10.1 Å². The van der Waals surface area contributed by atoms with Crippen molar-refractivity contribution in [1.82, 2.24) is 4.31 Å².